The number of nitrogens with one attached hydrogen (secondary N) is 1. The van der Waals surface area contributed by atoms with Gasteiger partial charge < -0.3 is 10.2 Å². The average molecular weight is 264 g/mol. The highest BCUT2D eigenvalue weighted by molar-refractivity contribution is 5.49. The second-order valence-electron chi connectivity index (χ2n) is 4.96. The number of aryl methyl sites for hydroxylation is 1. The van der Waals surface area contributed by atoms with Crippen LogP contribution in [0.25, 0.3) is 0 Å². The Morgan fingerprint density at radius 3 is 2.47 bits per heavy atom. The fourth-order valence-corrected chi connectivity index (χ4v) is 1.96. The molecule has 1 heterocycles. The Labute approximate surface area is 117 Å². The Kier molecular flexibility index (Phi) is 6.60. The third kappa shape index (κ3) is 4.69. The first-order chi connectivity index (χ1) is 9.14. The van der Waals surface area contributed by atoms with Gasteiger partial charge in [0.05, 0.1) is 0 Å². The smallest absolute Gasteiger partial charge is 0.134 e. The van der Waals surface area contributed by atoms with Gasteiger partial charge in [-0.15, -0.1) is 0 Å². The lowest BCUT2D eigenvalue weighted by Gasteiger charge is -2.25. The van der Waals surface area contributed by atoms with E-state index >= 15 is 0 Å². The van der Waals surface area contributed by atoms with Crippen molar-refractivity contribution in [1.29, 1.82) is 0 Å². The van der Waals surface area contributed by atoms with Crippen molar-refractivity contribution in [3.05, 3.63) is 11.9 Å². The number of hydrogen-bond acceptors (Lipinski definition) is 4. The van der Waals surface area contributed by atoms with Crippen molar-refractivity contribution in [2.24, 2.45) is 5.92 Å². The zero-order valence-electron chi connectivity index (χ0n) is 13.0. The second-order valence-corrected chi connectivity index (χ2v) is 4.96. The van der Waals surface area contributed by atoms with Crippen molar-refractivity contribution in [1.82, 2.24) is 9.97 Å². The van der Waals surface area contributed by atoms with Gasteiger partial charge in [-0.05, 0) is 19.8 Å². The molecule has 0 aliphatic carbocycles. The lowest BCUT2D eigenvalue weighted by atomic mass is 10.1. The minimum atomic E-state index is 0.683. The summed E-state index contributed by atoms with van der Waals surface area (Å²) in [6.07, 6.45) is 2.06. The first-order valence-electron chi connectivity index (χ1n) is 7.51. The SMILES string of the molecule is CCNc1cc(N(CC)CC(C)CC)nc(CC)n1. The van der Waals surface area contributed by atoms with Crippen LogP contribution >= 0.6 is 0 Å². The molecule has 1 aromatic rings. The Morgan fingerprint density at radius 1 is 1.21 bits per heavy atom. The molecule has 4 nitrogen and oxygen atoms in total. The molecule has 0 aliphatic heterocycles. The quantitative estimate of drug-likeness (QED) is 0.782. The first kappa shape index (κ1) is 15.7. The van der Waals surface area contributed by atoms with E-state index in [1.54, 1.807) is 0 Å². The van der Waals surface area contributed by atoms with Crippen LogP contribution in [0.3, 0.4) is 0 Å². The minimum absolute atomic E-state index is 0.683. The predicted octanol–water partition coefficient (Wildman–Crippen LogP) is 3.34. The monoisotopic (exact) mass is 264 g/mol. The molecule has 0 saturated carbocycles. The zero-order chi connectivity index (χ0) is 14.3. The standard InChI is InChI=1S/C15H28N4/c1-6-12(5)11-19(9-4)15-10-14(16-8-3)17-13(7-2)18-15/h10,12H,6-9,11H2,1-5H3,(H,16,17,18). The third-order valence-corrected chi connectivity index (χ3v) is 3.37. The van der Waals surface area contributed by atoms with E-state index in [0.29, 0.717) is 5.92 Å². The van der Waals surface area contributed by atoms with Crippen molar-refractivity contribution < 1.29 is 0 Å². The van der Waals surface area contributed by atoms with Crippen molar-refractivity contribution in [2.75, 3.05) is 29.9 Å². The lowest BCUT2D eigenvalue weighted by Crippen LogP contribution is -2.29. The van der Waals surface area contributed by atoms with Crippen LogP contribution < -0.4 is 10.2 Å². The van der Waals surface area contributed by atoms with Crippen molar-refractivity contribution in [2.45, 2.75) is 47.5 Å². The van der Waals surface area contributed by atoms with Crippen LogP contribution in [-0.2, 0) is 6.42 Å². The van der Waals surface area contributed by atoms with Gasteiger partial charge in [-0.2, -0.15) is 0 Å². The van der Waals surface area contributed by atoms with E-state index in [4.69, 9.17) is 0 Å². The van der Waals surface area contributed by atoms with E-state index in [1.165, 1.54) is 6.42 Å². The number of aromatic nitrogens is 2. The summed E-state index contributed by atoms with van der Waals surface area (Å²) in [6, 6.07) is 2.06. The summed E-state index contributed by atoms with van der Waals surface area (Å²) in [6.45, 7) is 13.8. The van der Waals surface area contributed by atoms with Crippen molar-refractivity contribution in [3.63, 3.8) is 0 Å². The molecule has 1 atom stereocenters. The molecule has 1 rings (SSSR count). The molecule has 108 valence electrons. The molecule has 1 unspecified atom stereocenters. The average Bonchev–Trinajstić information content (AvgIpc) is 2.44. The van der Waals surface area contributed by atoms with Gasteiger partial charge in [-0.3, -0.25) is 0 Å². The molecular weight excluding hydrogens is 236 g/mol. The Bertz CT molecular complexity index is 378. The molecule has 0 bridgehead atoms. The topological polar surface area (TPSA) is 41.0 Å². The Balaban J connectivity index is 2.97. The van der Waals surface area contributed by atoms with Gasteiger partial charge in [-0.25, -0.2) is 9.97 Å². The first-order valence-corrected chi connectivity index (χ1v) is 7.51. The van der Waals surface area contributed by atoms with Gasteiger partial charge in [0.1, 0.15) is 17.5 Å². The van der Waals surface area contributed by atoms with Gasteiger partial charge >= 0.3 is 0 Å². The maximum absolute atomic E-state index is 4.67. The highest BCUT2D eigenvalue weighted by Gasteiger charge is 2.12. The Morgan fingerprint density at radius 2 is 1.95 bits per heavy atom. The van der Waals surface area contributed by atoms with E-state index in [0.717, 1.165) is 43.5 Å². The molecule has 1 aromatic heterocycles. The summed E-state index contributed by atoms with van der Waals surface area (Å²) in [5, 5.41) is 3.29. The van der Waals surface area contributed by atoms with Crippen molar-refractivity contribution in [3.8, 4) is 0 Å². The molecule has 0 aliphatic rings. The van der Waals surface area contributed by atoms with Crippen LogP contribution in [0.1, 0.15) is 46.9 Å². The van der Waals surface area contributed by atoms with Gasteiger partial charge in [0, 0.05) is 32.1 Å². The largest absolute Gasteiger partial charge is 0.370 e. The number of hydrogen-bond donors (Lipinski definition) is 1. The number of anilines is 2. The van der Waals surface area contributed by atoms with Gasteiger partial charge in [-0.1, -0.05) is 27.2 Å². The third-order valence-electron chi connectivity index (χ3n) is 3.37. The minimum Gasteiger partial charge on any atom is -0.370 e. The van der Waals surface area contributed by atoms with Crippen molar-refractivity contribution >= 4 is 11.6 Å². The van der Waals surface area contributed by atoms with Gasteiger partial charge in [0.2, 0.25) is 0 Å². The number of nitrogens with zero attached hydrogens (tertiary/aromatic N) is 3. The molecule has 0 fully saturated rings. The lowest BCUT2D eigenvalue weighted by molar-refractivity contribution is 0.545. The van der Waals surface area contributed by atoms with E-state index in [1.807, 2.05) is 0 Å². The molecule has 0 aromatic carbocycles. The summed E-state index contributed by atoms with van der Waals surface area (Å²) >= 11 is 0. The van der Waals surface area contributed by atoms with Crippen LogP contribution in [0, 0.1) is 5.92 Å². The van der Waals surface area contributed by atoms with Gasteiger partial charge in [0.15, 0.2) is 0 Å². The molecule has 0 amide bonds. The van der Waals surface area contributed by atoms with Crippen LogP contribution in [0.5, 0.6) is 0 Å². The molecule has 0 radical (unpaired) electrons. The highest BCUT2D eigenvalue weighted by atomic mass is 15.2. The maximum Gasteiger partial charge on any atom is 0.134 e. The number of rotatable bonds is 8. The van der Waals surface area contributed by atoms with Crippen LogP contribution in [-0.4, -0.2) is 29.6 Å². The molecule has 19 heavy (non-hydrogen) atoms. The maximum atomic E-state index is 4.67. The summed E-state index contributed by atoms with van der Waals surface area (Å²) < 4.78 is 0. The van der Waals surface area contributed by atoms with E-state index < -0.39 is 0 Å². The normalized spacial score (nSPS) is 12.3. The van der Waals surface area contributed by atoms with E-state index in [2.05, 4.69) is 60.9 Å². The zero-order valence-corrected chi connectivity index (χ0v) is 13.0. The predicted molar refractivity (Wildman–Crippen MR) is 82.9 cm³/mol. The summed E-state index contributed by atoms with van der Waals surface area (Å²) in [4.78, 5) is 11.5. The Hall–Kier alpha value is -1.32. The van der Waals surface area contributed by atoms with Crippen LogP contribution in [0.4, 0.5) is 11.6 Å². The molecule has 1 N–H and O–H groups in total. The van der Waals surface area contributed by atoms with Crippen LogP contribution in [0.2, 0.25) is 0 Å². The summed E-state index contributed by atoms with van der Waals surface area (Å²) in [5.41, 5.74) is 0. The fraction of sp³-hybridized carbons (Fsp3) is 0.733. The molecular formula is C15H28N4. The fourth-order valence-electron chi connectivity index (χ4n) is 1.96. The molecule has 4 heteroatoms. The van der Waals surface area contributed by atoms with Gasteiger partial charge in [0.25, 0.3) is 0 Å². The molecule has 0 spiro atoms. The summed E-state index contributed by atoms with van der Waals surface area (Å²) in [7, 11) is 0. The second kappa shape index (κ2) is 7.97. The van der Waals surface area contributed by atoms with Crippen LogP contribution in [0.15, 0.2) is 6.07 Å². The highest BCUT2D eigenvalue weighted by Crippen LogP contribution is 2.18. The molecule has 0 saturated heterocycles. The van der Waals surface area contributed by atoms with E-state index in [-0.39, 0.29) is 0 Å². The summed E-state index contributed by atoms with van der Waals surface area (Å²) in [5.74, 6) is 3.58. The van der Waals surface area contributed by atoms with E-state index in [9.17, 15) is 0 Å².